The number of benzene rings is 1. The van der Waals surface area contributed by atoms with Gasteiger partial charge in [-0.3, -0.25) is 4.99 Å². The third-order valence-electron chi connectivity index (χ3n) is 2.12. The lowest BCUT2D eigenvalue weighted by Crippen LogP contribution is -2.11. The average Bonchev–Trinajstić information content (AvgIpc) is 2.28. The number of nitrogens with zero attached hydrogens (tertiary/aromatic N) is 1. The third-order valence-corrected chi connectivity index (χ3v) is 2.12. The van der Waals surface area contributed by atoms with Crippen LogP contribution in [0, 0.1) is 0 Å². The van der Waals surface area contributed by atoms with Crippen LogP contribution in [0.1, 0.15) is 12.5 Å². The number of alkyl halides is 3. The molecule has 0 unspecified atom stereocenters. The van der Waals surface area contributed by atoms with Crippen molar-refractivity contribution in [2.24, 2.45) is 10.7 Å². The maximum atomic E-state index is 12.7. The van der Waals surface area contributed by atoms with Crippen LogP contribution >= 0.6 is 0 Å². The maximum Gasteiger partial charge on any atom is 0.418 e. The number of hydrogen-bond donors (Lipinski definition) is 2. The minimum Gasteiger partial charge on any atom is -0.439 e. The van der Waals surface area contributed by atoms with Crippen LogP contribution in [-0.2, 0) is 6.18 Å². The molecular formula is C12H14F3N3O. The number of nitrogen functional groups attached to an aromatic ring is 1. The van der Waals surface area contributed by atoms with Crippen LogP contribution in [0.15, 0.2) is 35.0 Å². The fourth-order valence-corrected chi connectivity index (χ4v) is 1.30. The van der Waals surface area contributed by atoms with E-state index in [-0.39, 0.29) is 17.3 Å². The van der Waals surface area contributed by atoms with E-state index in [0.29, 0.717) is 5.70 Å². The molecule has 0 radical (unpaired) electrons. The second kappa shape index (κ2) is 5.64. The summed E-state index contributed by atoms with van der Waals surface area (Å²) in [4.78, 5) is 3.76. The zero-order valence-electron chi connectivity index (χ0n) is 10.5. The molecule has 0 spiro atoms. The Labute approximate surface area is 108 Å². The van der Waals surface area contributed by atoms with E-state index in [1.54, 1.807) is 6.92 Å². The lowest BCUT2D eigenvalue weighted by Gasteiger charge is -2.12. The molecule has 0 saturated heterocycles. The fourth-order valence-electron chi connectivity index (χ4n) is 1.30. The Morgan fingerprint density at radius 1 is 1.37 bits per heavy atom. The van der Waals surface area contributed by atoms with Gasteiger partial charge in [-0.05, 0) is 25.1 Å². The van der Waals surface area contributed by atoms with Gasteiger partial charge in [0.1, 0.15) is 5.75 Å². The van der Waals surface area contributed by atoms with Gasteiger partial charge < -0.3 is 16.2 Å². The number of allylic oxidation sites excluding steroid dienone is 1. The van der Waals surface area contributed by atoms with Crippen molar-refractivity contribution >= 4 is 11.6 Å². The lowest BCUT2D eigenvalue weighted by molar-refractivity contribution is -0.137. The molecule has 0 heterocycles. The Hall–Kier alpha value is -2.18. The molecule has 0 aliphatic carbocycles. The standard InChI is InChI=1S/C12H14F3N3O/c1-7(16)5-11(18-2)19-8-3-4-10(17)9(6-8)12(13,14)15/h3-6H,16-17H2,1-2H3/b7-5-,18-11?. The summed E-state index contributed by atoms with van der Waals surface area (Å²) in [6.45, 7) is 1.61. The van der Waals surface area contributed by atoms with Gasteiger partial charge in [0, 0.05) is 24.5 Å². The monoisotopic (exact) mass is 273 g/mol. The van der Waals surface area contributed by atoms with Crippen LogP contribution in [-0.4, -0.2) is 12.9 Å². The molecule has 7 heteroatoms. The highest BCUT2D eigenvalue weighted by atomic mass is 19.4. The van der Waals surface area contributed by atoms with Crippen molar-refractivity contribution in [3.63, 3.8) is 0 Å². The summed E-state index contributed by atoms with van der Waals surface area (Å²) < 4.78 is 43.2. The maximum absolute atomic E-state index is 12.7. The number of aliphatic imine (C=N–C) groups is 1. The number of anilines is 1. The predicted molar refractivity (Wildman–Crippen MR) is 67.8 cm³/mol. The van der Waals surface area contributed by atoms with E-state index in [4.69, 9.17) is 16.2 Å². The van der Waals surface area contributed by atoms with E-state index < -0.39 is 11.7 Å². The van der Waals surface area contributed by atoms with Crippen molar-refractivity contribution in [3.8, 4) is 5.75 Å². The van der Waals surface area contributed by atoms with Gasteiger partial charge in [0.2, 0.25) is 5.90 Å². The second-order valence-electron chi connectivity index (χ2n) is 3.80. The Morgan fingerprint density at radius 3 is 2.47 bits per heavy atom. The first kappa shape index (κ1) is 14.9. The van der Waals surface area contributed by atoms with Gasteiger partial charge in [-0.1, -0.05) is 0 Å². The highest BCUT2D eigenvalue weighted by molar-refractivity contribution is 5.90. The molecule has 4 nitrogen and oxygen atoms in total. The van der Waals surface area contributed by atoms with Crippen molar-refractivity contribution < 1.29 is 17.9 Å². The largest absolute Gasteiger partial charge is 0.439 e. The third kappa shape index (κ3) is 4.20. The molecule has 4 N–H and O–H groups in total. The smallest absolute Gasteiger partial charge is 0.418 e. The number of nitrogens with two attached hydrogens (primary N) is 2. The van der Waals surface area contributed by atoms with E-state index in [1.165, 1.54) is 19.2 Å². The van der Waals surface area contributed by atoms with Crippen molar-refractivity contribution in [1.82, 2.24) is 0 Å². The van der Waals surface area contributed by atoms with Crippen molar-refractivity contribution in [2.45, 2.75) is 13.1 Å². The van der Waals surface area contributed by atoms with Gasteiger partial charge in [-0.2, -0.15) is 13.2 Å². The Morgan fingerprint density at radius 2 is 2.00 bits per heavy atom. The molecule has 0 atom stereocenters. The zero-order chi connectivity index (χ0) is 14.6. The SMILES string of the molecule is CN=C(/C=C(/C)N)Oc1ccc(N)c(C(F)(F)F)c1. The van der Waals surface area contributed by atoms with E-state index in [1.807, 2.05) is 0 Å². The lowest BCUT2D eigenvalue weighted by atomic mass is 10.1. The van der Waals surface area contributed by atoms with Crippen molar-refractivity contribution in [3.05, 3.63) is 35.5 Å². The van der Waals surface area contributed by atoms with E-state index >= 15 is 0 Å². The molecule has 1 rings (SSSR count). The van der Waals surface area contributed by atoms with Crippen LogP contribution in [0.4, 0.5) is 18.9 Å². The van der Waals surface area contributed by atoms with Crippen LogP contribution in [0.25, 0.3) is 0 Å². The topological polar surface area (TPSA) is 73.6 Å². The molecule has 0 aromatic heterocycles. The summed E-state index contributed by atoms with van der Waals surface area (Å²) in [5, 5.41) is 0. The van der Waals surface area contributed by atoms with E-state index in [2.05, 4.69) is 4.99 Å². The first-order valence-electron chi connectivity index (χ1n) is 5.29. The van der Waals surface area contributed by atoms with Gasteiger partial charge >= 0.3 is 6.18 Å². The minimum absolute atomic E-state index is 0.0142. The summed E-state index contributed by atoms with van der Waals surface area (Å²) >= 11 is 0. The molecule has 0 fully saturated rings. The molecule has 0 aliphatic heterocycles. The molecule has 0 aliphatic rings. The van der Waals surface area contributed by atoms with Crippen LogP contribution in [0.3, 0.4) is 0 Å². The molecule has 19 heavy (non-hydrogen) atoms. The molecule has 104 valence electrons. The Bertz CT molecular complexity index is 517. The predicted octanol–water partition coefficient (Wildman–Crippen LogP) is 2.56. The highest BCUT2D eigenvalue weighted by Gasteiger charge is 2.33. The summed E-state index contributed by atoms with van der Waals surface area (Å²) in [7, 11) is 1.44. The minimum atomic E-state index is -4.54. The van der Waals surface area contributed by atoms with Crippen LogP contribution in [0.5, 0.6) is 5.75 Å². The molecule has 0 saturated carbocycles. The second-order valence-corrected chi connectivity index (χ2v) is 3.80. The molecule has 0 amide bonds. The summed E-state index contributed by atoms with van der Waals surface area (Å²) in [5.41, 5.74) is 9.84. The van der Waals surface area contributed by atoms with Crippen molar-refractivity contribution in [1.29, 1.82) is 0 Å². The first-order chi connectivity index (χ1) is 8.74. The number of rotatable bonds is 2. The summed E-state index contributed by atoms with van der Waals surface area (Å²) in [6.07, 6.45) is -3.13. The van der Waals surface area contributed by atoms with Crippen molar-refractivity contribution in [2.75, 3.05) is 12.8 Å². The zero-order valence-corrected chi connectivity index (χ0v) is 10.5. The average molecular weight is 273 g/mol. The molecule has 1 aromatic carbocycles. The molecule has 0 bridgehead atoms. The quantitative estimate of drug-likeness (QED) is 0.494. The number of halogens is 3. The number of hydrogen-bond acceptors (Lipinski definition) is 4. The van der Waals surface area contributed by atoms with Crippen LogP contribution in [0.2, 0.25) is 0 Å². The fraction of sp³-hybridized carbons (Fsp3) is 0.250. The first-order valence-corrected chi connectivity index (χ1v) is 5.29. The molecular weight excluding hydrogens is 259 g/mol. The Kier molecular flexibility index (Phi) is 4.42. The van der Waals surface area contributed by atoms with Gasteiger partial charge in [-0.15, -0.1) is 0 Å². The van der Waals surface area contributed by atoms with Gasteiger partial charge in [0.05, 0.1) is 5.56 Å². The van der Waals surface area contributed by atoms with E-state index in [9.17, 15) is 13.2 Å². The number of ether oxygens (including phenoxy) is 1. The summed E-state index contributed by atoms with van der Waals surface area (Å²) in [5.74, 6) is 0.0949. The van der Waals surface area contributed by atoms with Gasteiger partial charge in [0.15, 0.2) is 0 Å². The van der Waals surface area contributed by atoms with E-state index in [0.717, 1.165) is 12.1 Å². The highest BCUT2D eigenvalue weighted by Crippen LogP contribution is 2.35. The van der Waals surface area contributed by atoms with Gasteiger partial charge in [0.25, 0.3) is 0 Å². The van der Waals surface area contributed by atoms with Crippen LogP contribution < -0.4 is 16.2 Å². The molecule has 1 aromatic rings. The van der Waals surface area contributed by atoms with Gasteiger partial charge in [-0.25, -0.2) is 0 Å². The normalized spacial score (nSPS) is 13.5. The summed E-state index contributed by atoms with van der Waals surface area (Å²) in [6, 6.07) is 3.28. The Balaban J connectivity index is 3.07.